The number of sulfone groups is 1. The number of hydrogen-bond donors (Lipinski definition) is 2. The molecule has 1 fully saturated rings. The molecule has 1 atom stereocenters. The number of rotatable bonds is 5. The van der Waals surface area contributed by atoms with Gasteiger partial charge >= 0.3 is 0 Å². The molecule has 0 aromatic carbocycles. The number of aryl methyl sites for hydroxylation is 2. The molecule has 0 aliphatic carbocycles. The van der Waals surface area contributed by atoms with Crippen LogP contribution in [0.25, 0.3) is 0 Å². The Morgan fingerprint density at radius 1 is 1.50 bits per heavy atom. The predicted molar refractivity (Wildman–Crippen MR) is 76.1 cm³/mol. The van der Waals surface area contributed by atoms with E-state index in [1.54, 1.807) is 6.20 Å². The van der Waals surface area contributed by atoms with Gasteiger partial charge in [0.15, 0.2) is 9.84 Å². The van der Waals surface area contributed by atoms with Crippen molar-refractivity contribution in [2.45, 2.75) is 44.3 Å². The summed E-state index contributed by atoms with van der Waals surface area (Å²) >= 11 is 0. The van der Waals surface area contributed by atoms with Gasteiger partial charge in [-0.3, -0.25) is 9.89 Å². The summed E-state index contributed by atoms with van der Waals surface area (Å²) in [7, 11) is -3.24. The summed E-state index contributed by atoms with van der Waals surface area (Å²) in [5, 5.41) is 8.70. The number of carbonyl (C=O) groups is 1. The van der Waals surface area contributed by atoms with Crippen LogP contribution in [-0.4, -0.2) is 42.1 Å². The van der Waals surface area contributed by atoms with Gasteiger partial charge in [0.25, 0.3) is 0 Å². The quantitative estimate of drug-likeness (QED) is 0.784. The van der Waals surface area contributed by atoms with Crippen LogP contribution < -0.4 is 5.32 Å². The van der Waals surface area contributed by atoms with Crippen LogP contribution in [-0.2, 0) is 21.1 Å². The number of carbonyl (C=O) groups excluding carboxylic acids is 1. The SMILES string of the molecule is Cc1[nH]ncc1CCCNC(=O)C1CCCCS1(=O)=O. The number of nitrogens with one attached hydrogen (secondary N) is 2. The minimum Gasteiger partial charge on any atom is -0.355 e. The van der Waals surface area contributed by atoms with E-state index in [0.717, 1.165) is 30.5 Å². The van der Waals surface area contributed by atoms with E-state index in [0.29, 0.717) is 19.4 Å². The first-order chi connectivity index (χ1) is 9.50. The maximum atomic E-state index is 11.9. The fourth-order valence-electron chi connectivity index (χ4n) is 2.48. The zero-order chi connectivity index (χ0) is 14.6. The molecule has 2 N–H and O–H groups in total. The number of nitrogens with zero attached hydrogens (tertiary/aromatic N) is 1. The smallest absolute Gasteiger partial charge is 0.238 e. The molecule has 1 aromatic rings. The zero-order valence-corrected chi connectivity index (χ0v) is 12.5. The van der Waals surface area contributed by atoms with Gasteiger partial charge in [-0.2, -0.15) is 5.10 Å². The number of aromatic nitrogens is 2. The molecule has 1 unspecified atom stereocenters. The molecule has 1 aliphatic heterocycles. The normalized spacial score (nSPS) is 21.6. The summed E-state index contributed by atoms with van der Waals surface area (Å²) in [6.45, 7) is 2.45. The van der Waals surface area contributed by atoms with Crippen LogP contribution in [0.5, 0.6) is 0 Å². The molecule has 1 saturated heterocycles. The maximum Gasteiger partial charge on any atom is 0.238 e. The molecule has 2 rings (SSSR count). The molecule has 0 saturated carbocycles. The van der Waals surface area contributed by atoms with Crippen LogP contribution in [0.3, 0.4) is 0 Å². The Labute approximate surface area is 119 Å². The van der Waals surface area contributed by atoms with E-state index in [4.69, 9.17) is 0 Å². The van der Waals surface area contributed by atoms with Gasteiger partial charge < -0.3 is 5.32 Å². The Morgan fingerprint density at radius 2 is 2.30 bits per heavy atom. The minimum absolute atomic E-state index is 0.138. The van der Waals surface area contributed by atoms with E-state index in [-0.39, 0.29) is 11.7 Å². The molecule has 0 spiro atoms. The lowest BCUT2D eigenvalue weighted by Gasteiger charge is -2.21. The highest BCUT2D eigenvalue weighted by atomic mass is 32.2. The number of amides is 1. The lowest BCUT2D eigenvalue weighted by molar-refractivity contribution is -0.120. The molecule has 0 bridgehead atoms. The van der Waals surface area contributed by atoms with E-state index in [2.05, 4.69) is 15.5 Å². The van der Waals surface area contributed by atoms with Crippen LogP contribution in [0.1, 0.15) is 36.9 Å². The lowest BCUT2D eigenvalue weighted by atomic mass is 10.1. The molecule has 20 heavy (non-hydrogen) atoms. The summed E-state index contributed by atoms with van der Waals surface area (Å²) < 4.78 is 23.6. The number of aromatic amines is 1. The van der Waals surface area contributed by atoms with Crippen molar-refractivity contribution in [2.75, 3.05) is 12.3 Å². The zero-order valence-electron chi connectivity index (χ0n) is 11.7. The maximum absolute atomic E-state index is 11.9. The molecule has 2 heterocycles. The number of hydrogen-bond acceptors (Lipinski definition) is 4. The Kier molecular flexibility index (Phi) is 4.80. The van der Waals surface area contributed by atoms with Crippen molar-refractivity contribution in [3.05, 3.63) is 17.5 Å². The largest absolute Gasteiger partial charge is 0.355 e. The summed E-state index contributed by atoms with van der Waals surface area (Å²) in [6, 6.07) is 0. The van der Waals surface area contributed by atoms with Crippen molar-refractivity contribution in [2.24, 2.45) is 0 Å². The summed E-state index contributed by atoms with van der Waals surface area (Å²) in [6.07, 6.45) is 5.31. The Balaban J connectivity index is 1.76. The summed E-state index contributed by atoms with van der Waals surface area (Å²) in [4.78, 5) is 11.9. The fraction of sp³-hybridized carbons (Fsp3) is 0.692. The van der Waals surface area contributed by atoms with Crippen molar-refractivity contribution in [1.29, 1.82) is 0 Å². The second-order valence-corrected chi connectivity index (χ2v) is 7.57. The van der Waals surface area contributed by atoms with E-state index in [1.165, 1.54) is 0 Å². The van der Waals surface area contributed by atoms with Crippen LogP contribution in [0.4, 0.5) is 0 Å². The summed E-state index contributed by atoms with van der Waals surface area (Å²) in [5.41, 5.74) is 2.16. The molecule has 1 aliphatic rings. The Bertz CT molecular complexity index is 565. The van der Waals surface area contributed by atoms with E-state index >= 15 is 0 Å². The fourth-order valence-corrected chi connectivity index (χ4v) is 4.31. The van der Waals surface area contributed by atoms with Gasteiger partial charge in [0.1, 0.15) is 5.25 Å². The topological polar surface area (TPSA) is 91.9 Å². The first-order valence-electron chi connectivity index (χ1n) is 6.99. The van der Waals surface area contributed by atoms with Gasteiger partial charge in [0, 0.05) is 12.2 Å². The van der Waals surface area contributed by atoms with Crippen LogP contribution >= 0.6 is 0 Å². The van der Waals surface area contributed by atoms with E-state index in [9.17, 15) is 13.2 Å². The highest BCUT2D eigenvalue weighted by Crippen LogP contribution is 2.19. The van der Waals surface area contributed by atoms with Crippen molar-refractivity contribution in [3.8, 4) is 0 Å². The molecule has 7 heteroatoms. The van der Waals surface area contributed by atoms with Crippen molar-refractivity contribution in [3.63, 3.8) is 0 Å². The van der Waals surface area contributed by atoms with Gasteiger partial charge in [-0.05, 0) is 38.2 Å². The van der Waals surface area contributed by atoms with Gasteiger partial charge in [-0.1, -0.05) is 6.42 Å². The Morgan fingerprint density at radius 3 is 2.95 bits per heavy atom. The average Bonchev–Trinajstić information content (AvgIpc) is 2.79. The first-order valence-corrected chi connectivity index (χ1v) is 8.70. The predicted octanol–water partition coefficient (Wildman–Crippen LogP) is 0.734. The molecular formula is C13H21N3O3S. The van der Waals surface area contributed by atoms with E-state index in [1.807, 2.05) is 6.92 Å². The summed E-state index contributed by atoms with van der Waals surface area (Å²) in [5.74, 6) is -0.201. The third-order valence-corrected chi connectivity index (χ3v) is 5.90. The molecule has 1 aromatic heterocycles. The minimum atomic E-state index is -3.24. The van der Waals surface area contributed by atoms with Gasteiger partial charge in [0.05, 0.1) is 11.9 Å². The van der Waals surface area contributed by atoms with Crippen LogP contribution in [0.2, 0.25) is 0 Å². The van der Waals surface area contributed by atoms with Crippen LogP contribution in [0.15, 0.2) is 6.20 Å². The molecular weight excluding hydrogens is 278 g/mol. The number of H-pyrrole nitrogens is 1. The lowest BCUT2D eigenvalue weighted by Crippen LogP contribution is -2.43. The van der Waals surface area contributed by atoms with Crippen molar-refractivity contribution in [1.82, 2.24) is 15.5 Å². The average molecular weight is 299 g/mol. The second-order valence-electron chi connectivity index (χ2n) is 5.27. The molecule has 6 nitrogen and oxygen atoms in total. The highest BCUT2D eigenvalue weighted by Gasteiger charge is 2.34. The van der Waals surface area contributed by atoms with Crippen molar-refractivity contribution >= 4 is 15.7 Å². The molecule has 112 valence electrons. The second kappa shape index (κ2) is 6.39. The molecule has 1 amide bonds. The third kappa shape index (κ3) is 3.59. The monoisotopic (exact) mass is 299 g/mol. The highest BCUT2D eigenvalue weighted by molar-refractivity contribution is 7.92. The Hall–Kier alpha value is -1.37. The van der Waals surface area contributed by atoms with Gasteiger partial charge in [-0.25, -0.2) is 8.42 Å². The van der Waals surface area contributed by atoms with Gasteiger partial charge in [-0.15, -0.1) is 0 Å². The van der Waals surface area contributed by atoms with Gasteiger partial charge in [0.2, 0.25) is 5.91 Å². The first kappa shape index (κ1) is 15.0. The third-order valence-electron chi connectivity index (χ3n) is 3.73. The van der Waals surface area contributed by atoms with E-state index < -0.39 is 15.1 Å². The van der Waals surface area contributed by atoms with Crippen LogP contribution in [0, 0.1) is 6.92 Å². The standard InChI is InChI=1S/C13H21N3O3S/c1-10-11(9-15-16-10)5-4-7-14-13(17)12-6-2-3-8-20(12,18)19/h9,12H,2-8H2,1H3,(H,14,17)(H,15,16). The molecule has 0 radical (unpaired) electrons. The van der Waals surface area contributed by atoms with Crippen molar-refractivity contribution < 1.29 is 13.2 Å².